The van der Waals surface area contributed by atoms with Gasteiger partial charge in [0.05, 0.1) is 4.90 Å². The number of rotatable bonds is 5. The number of hydrogen-bond donors (Lipinski definition) is 0. The van der Waals surface area contributed by atoms with Gasteiger partial charge in [0.2, 0.25) is 10.0 Å². The molecular formula is C13H20N2O3S. The third-order valence-corrected chi connectivity index (χ3v) is 4.76. The lowest BCUT2D eigenvalue weighted by molar-refractivity contribution is 0.0773. The lowest BCUT2D eigenvalue weighted by Crippen LogP contribution is -2.30. The first-order valence-electron chi connectivity index (χ1n) is 6.16. The van der Waals surface area contributed by atoms with Crippen LogP contribution in [0.15, 0.2) is 29.2 Å². The number of sulfonamides is 1. The summed E-state index contributed by atoms with van der Waals surface area (Å²) in [5.41, 5.74) is 0.501. The molecule has 0 atom stereocenters. The second-order valence-corrected chi connectivity index (χ2v) is 6.44. The number of nitrogens with zero attached hydrogens (tertiary/aromatic N) is 2. The molecule has 0 fully saturated rings. The summed E-state index contributed by atoms with van der Waals surface area (Å²) in [5.74, 6) is -0.0844. The van der Waals surface area contributed by atoms with Gasteiger partial charge in [-0.25, -0.2) is 12.7 Å². The molecule has 6 heteroatoms. The first-order chi connectivity index (χ1) is 8.84. The molecule has 0 aromatic heterocycles. The molecule has 5 nitrogen and oxygen atoms in total. The first kappa shape index (κ1) is 15.7. The van der Waals surface area contributed by atoms with Crippen LogP contribution in [-0.4, -0.2) is 50.7 Å². The zero-order valence-electron chi connectivity index (χ0n) is 11.8. The first-order valence-corrected chi connectivity index (χ1v) is 7.60. The second kappa shape index (κ2) is 6.16. The van der Waals surface area contributed by atoms with Crippen LogP contribution in [0, 0.1) is 0 Å². The van der Waals surface area contributed by atoms with Gasteiger partial charge < -0.3 is 4.90 Å². The SMILES string of the molecule is CCN(CC)C(=O)c1ccc(S(=O)(=O)N(C)C)cc1. The fourth-order valence-electron chi connectivity index (χ4n) is 1.67. The van der Waals surface area contributed by atoms with Crippen LogP contribution in [0.25, 0.3) is 0 Å². The molecule has 0 heterocycles. The van der Waals surface area contributed by atoms with Crippen LogP contribution >= 0.6 is 0 Å². The van der Waals surface area contributed by atoms with E-state index in [1.807, 2.05) is 13.8 Å². The molecule has 1 aromatic carbocycles. The highest BCUT2D eigenvalue weighted by Gasteiger charge is 2.18. The lowest BCUT2D eigenvalue weighted by Gasteiger charge is -2.19. The van der Waals surface area contributed by atoms with Crippen LogP contribution in [0.2, 0.25) is 0 Å². The second-order valence-electron chi connectivity index (χ2n) is 4.29. The maximum atomic E-state index is 12.1. The summed E-state index contributed by atoms with van der Waals surface area (Å²) in [6, 6.07) is 6.03. The summed E-state index contributed by atoms with van der Waals surface area (Å²) < 4.78 is 24.9. The fraction of sp³-hybridized carbons (Fsp3) is 0.462. The van der Waals surface area contributed by atoms with Crippen molar-refractivity contribution in [3.05, 3.63) is 29.8 Å². The Morgan fingerprint density at radius 1 is 1.05 bits per heavy atom. The van der Waals surface area contributed by atoms with Gasteiger partial charge in [-0.3, -0.25) is 4.79 Å². The summed E-state index contributed by atoms with van der Waals surface area (Å²) in [4.78, 5) is 13.9. The minimum absolute atomic E-state index is 0.0844. The van der Waals surface area contributed by atoms with E-state index in [-0.39, 0.29) is 10.8 Å². The van der Waals surface area contributed by atoms with E-state index in [0.29, 0.717) is 18.7 Å². The molecule has 0 N–H and O–H groups in total. The summed E-state index contributed by atoms with van der Waals surface area (Å²) in [6.45, 7) is 5.08. The maximum Gasteiger partial charge on any atom is 0.253 e. The van der Waals surface area contributed by atoms with E-state index < -0.39 is 10.0 Å². The van der Waals surface area contributed by atoms with Crippen LogP contribution in [0.1, 0.15) is 24.2 Å². The molecule has 0 saturated heterocycles. The Kier molecular flexibility index (Phi) is 5.08. The molecule has 0 aliphatic carbocycles. The van der Waals surface area contributed by atoms with Crippen LogP contribution in [0.5, 0.6) is 0 Å². The van der Waals surface area contributed by atoms with Crippen molar-refractivity contribution >= 4 is 15.9 Å². The fourth-order valence-corrected chi connectivity index (χ4v) is 2.58. The van der Waals surface area contributed by atoms with Gasteiger partial charge in [0.25, 0.3) is 5.91 Å². The van der Waals surface area contributed by atoms with E-state index in [4.69, 9.17) is 0 Å². The van der Waals surface area contributed by atoms with Crippen molar-refractivity contribution in [2.45, 2.75) is 18.7 Å². The molecular weight excluding hydrogens is 264 g/mol. The predicted molar refractivity (Wildman–Crippen MR) is 74.6 cm³/mol. The topological polar surface area (TPSA) is 57.7 Å². The standard InChI is InChI=1S/C13H20N2O3S/c1-5-15(6-2)13(16)11-7-9-12(10-8-11)19(17,18)14(3)4/h7-10H,5-6H2,1-4H3. The van der Waals surface area contributed by atoms with E-state index >= 15 is 0 Å². The molecule has 1 amide bonds. The molecule has 106 valence electrons. The van der Waals surface area contributed by atoms with Gasteiger partial charge in [-0.1, -0.05) is 0 Å². The Bertz CT molecular complexity index is 532. The highest BCUT2D eigenvalue weighted by Crippen LogP contribution is 2.15. The van der Waals surface area contributed by atoms with Gasteiger partial charge in [-0.05, 0) is 38.1 Å². The molecule has 0 bridgehead atoms. The molecule has 0 unspecified atom stereocenters. The number of hydrogen-bond acceptors (Lipinski definition) is 3. The molecule has 1 rings (SSSR count). The van der Waals surface area contributed by atoms with Crippen LogP contribution in [-0.2, 0) is 10.0 Å². The van der Waals surface area contributed by atoms with Crippen molar-refractivity contribution in [1.82, 2.24) is 9.21 Å². The molecule has 19 heavy (non-hydrogen) atoms. The molecule has 0 spiro atoms. The predicted octanol–water partition coefficient (Wildman–Crippen LogP) is 1.42. The molecule has 0 saturated carbocycles. The molecule has 0 aliphatic heterocycles. The molecule has 0 radical (unpaired) electrons. The van der Waals surface area contributed by atoms with Crippen molar-refractivity contribution in [3.8, 4) is 0 Å². The number of carbonyl (C=O) groups is 1. The average molecular weight is 284 g/mol. The Morgan fingerprint density at radius 3 is 1.89 bits per heavy atom. The smallest absolute Gasteiger partial charge is 0.253 e. The third kappa shape index (κ3) is 3.33. The van der Waals surface area contributed by atoms with Crippen molar-refractivity contribution in [2.24, 2.45) is 0 Å². The van der Waals surface area contributed by atoms with Crippen molar-refractivity contribution < 1.29 is 13.2 Å². The van der Waals surface area contributed by atoms with E-state index in [1.165, 1.54) is 26.2 Å². The van der Waals surface area contributed by atoms with E-state index in [2.05, 4.69) is 0 Å². The molecule has 1 aromatic rings. The van der Waals surface area contributed by atoms with Gasteiger partial charge in [0.1, 0.15) is 0 Å². The van der Waals surface area contributed by atoms with Crippen molar-refractivity contribution in [3.63, 3.8) is 0 Å². The summed E-state index contributed by atoms with van der Waals surface area (Å²) in [7, 11) is -0.489. The van der Waals surface area contributed by atoms with Crippen LogP contribution in [0.3, 0.4) is 0 Å². The number of benzene rings is 1. The zero-order chi connectivity index (χ0) is 14.6. The van der Waals surface area contributed by atoms with Gasteiger partial charge in [-0.15, -0.1) is 0 Å². The molecule has 0 aliphatic rings. The highest BCUT2D eigenvalue weighted by atomic mass is 32.2. The Labute approximate surface area is 114 Å². The number of amides is 1. The van der Waals surface area contributed by atoms with Gasteiger partial charge >= 0.3 is 0 Å². The van der Waals surface area contributed by atoms with Gasteiger partial charge in [0, 0.05) is 32.7 Å². The van der Waals surface area contributed by atoms with Crippen LogP contribution in [0.4, 0.5) is 0 Å². The Balaban J connectivity index is 3.04. The van der Waals surface area contributed by atoms with Crippen LogP contribution < -0.4 is 0 Å². The Hall–Kier alpha value is -1.40. The van der Waals surface area contributed by atoms with E-state index in [1.54, 1.807) is 17.0 Å². The lowest BCUT2D eigenvalue weighted by atomic mass is 10.2. The van der Waals surface area contributed by atoms with Gasteiger partial charge in [-0.2, -0.15) is 0 Å². The van der Waals surface area contributed by atoms with E-state index in [0.717, 1.165) is 4.31 Å². The maximum absolute atomic E-state index is 12.1. The monoisotopic (exact) mass is 284 g/mol. The Morgan fingerprint density at radius 2 is 1.53 bits per heavy atom. The van der Waals surface area contributed by atoms with E-state index in [9.17, 15) is 13.2 Å². The third-order valence-electron chi connectivity index (χ3n) is 2.93. The quantitative estimate of drug-likeness (QED) is 0.821. The summed E-state index contributed by atoms with van der Waals surface area (Å²) in [5, 5.41) is 0. The highest BCUT2D eigenvalue weighted by molar-refractivity contribution is 7.89. The van der Waals surface area contributed by atoms with Crippen molar-refractivity contribution in [1.29, 1.82) is 0 Å². The normalized spacial score (nSPS) is 11.6. The van der Waals surface area contributed by atoms with Crippen molar-refractivity contribution in [2.75, 3.05) is 27.2 Å². The summed E-state index contributed by atoms with van der Waals surface area (Å²) in [6.07, 6.45) is 0. The largest absolute Gasteiger partial charge is 0.339 e. The average Bonchev–Trinajstić information content (AvgIpc) is 2.40. The zero-order valence-corrected chi connectivity index (χ0v) is 12.6. The minimum atomic E-state index is -3.44. The summed E-state index contributed by atoms with van der Waals surface area (Å²) >= 11 is 0. The number of carbonyl (C=O) groups excluding carboxylic acids is 1. The minimum Gasteiger partial charge on any atom is -0.339 e. The van der Waals surface area contributed by atoms with Gasteiger partial charge in [0.15, 0.2) is 0 Å².